The van der Waals surface area contributed by atoms with Gasteiger partial charge in [0.05, 0.1) is 24.1 Å². The highest BCUT2D eigenvalue weighted by Crippen LogP contribution is 2.40. The summed E-state index contributed by atoms with van der Waals surface area (Å²) in [4.78, 5) is 8.64. The quantitative estimate of drug-likeness (QED) is 0.763. The molecule has 6 nitrogen and oxygen atoms in total. The number of anilines is 1. The predicted molar refractivity (Wildman–Crippen MR) is 101 cm³/mol. The van der Waals surface area contributed by atoms with Crippen LogP contribution in [-0.2, 0) is 18.0 Å². The van der Waals surface area contributed by atoms with Crippen molar-refractivity contribution in [1.82, 2.24) is 9.97 Å². The van der Waals surface area contributed by atoms with Crippen molar-refractivity contribution in [3.63, 3.8) is 0 Å². The lowest BCUT2D eigenvalue weighted by Gasteiger charge is -2.14. The second-order valence-corrected chi connectivity index (χ2v) is 6.31. The van der Waals surface area contributed by atoms with Gasteiger partial charge in [0.1, 0.15) is 29.8 Å². The molecule has 0 saturated carbocycles. The maximum absolute atomic E-state index is 9.63. The van der Waals surface area contributed by atoms with Crippen LogP contribution in [0.5, 0.6) is 5.75 Å². The van der Waals surface area contributed by atoms with Gasteiger partial charge in [-0.15, -0.1) is 0 Å². The molecule has 2 N–H and O–H groups in total. The molecule has 1 aliphatic heterocycles. The van der Waals surface area contributed by atoms with E-state index in [2.05, 4.69) is 16.0 Å². The van der Waals surface area contributed by atoms with E-state index < -0.39 is 0 Å². The van der Waals surface area contributed by atoms with E-state index in [4.69, 9.17) is 15.2 Å². The molecule has 4 rings (SSSR count). The average molecular weight is 358 g/mol. The number of nitrogens with zero attached hydrogens (tertiary/aromatic N) is 3. The summed E-state index contributed by atoms with van der Waals surface area (Å²) >= 11 is 0. The monoisotopic (exact) mass is 358 g/mol. The molecule has 6 heteroatoms. The van der Waals surface area contributed by atoms with Crippen LogP contribution in [0.25, 0.3) is 11.1 Å². The first-order valence-corrected chi connectivity index (χ1v) is 8.64. The van der Waals surface area contributed by atoms with E-state index in [-0.39, 0.29) is 11.9 Å². The lowest BCUT2D eigenvalue weighted by Crippen LogP contribution is -2.05. The lowest BCUT2D eigenvalue weighted by atomic mass is 9.94. The Balaban J connectivity index is 1.72. The largest absolute Gasteiger partial charge is 0.487 e. The third-order valence-electron chi connectivity index (χ3n) is 4.57. The number of ether oxygens (including phenoxy) is 2. The Hall–Kier alpha value is -3.43. The minimum Gasteiger partial charge on any atom is -0.487 e. The number of rotatable bonds is 4. The highest BCUT2D eigenvalue weighted by atomic mass is 16.5. The summed E-state index contributed by atoms with van der Waals surface area (Å²) in [6.07, 6.45) is 1.59. The summed E-state index contributed by atoms with van der Waals surface area (Å²) in [6.45, 7) is 2.71. The molecular formula is C21H18N4O2. The third kappa shape index (κ3) is 3.21. The topological polar surface area (TPSA) is 94.1 Å². The molecule has 0 saturated heterocycles. The standard InChI is InChI=1S/C21H18N4O2/c1-13-20-18(12-26-13)19(17(10-22)21(23)25-20)14-5-4-7-16(9-14)27-11-15-6-2-3-8-24-15/h2-9,13H,11-12H2,1H3,(H2,23,25)/t13-/m0/s1. The molecule has 134 valence electrons. The van der Waals surface area contributed by atoms with E-state index in [9.17, 15) is 5.26 Å². The fourth-order valence-electron chi connectivity index (χ4n) is 3.24. The van der Waals surface area contributed by atoms with Crippen LogP contribution in [0.3, 0.4) is 0 Å². The van der Waals surface area contributed by atoms with E-state index in [1.165, 1.54) is 0 Å². The Morgan fingerprint density at radius 2 is 2.19 bits per heavy atom. The van der Waals surface area contributed by atoms with E-state index >= 15 is 0 Å². The molecule has 0 amide bonds. The Labute approximate surface area is 157 Å². The molecule has 3 heterocycles. The minimum absolute atomic E-state index is 0.141. The van der Waals surface area contributed by atoms with Crippen LogP contribution >= 0.6 is 0 Å². The Kier molecular flexibility index (Phi) is 4.45. The minimum atomic E-state index is -0.141. The molecule has 3 aromatic rings. The van der Waals surface area contributed by atoms with Crippen molar-refractivity contribution in [3.8, 4) is 22.9 Å². The van der Waals surface area contributed by atoms with Crippen molar-refractivity contribution < 1.29 is 9.47 Å². The zero-order valence-electron chi connectivity index (χ0n) is 14.8. The van der Waals surface area contributed by atoms with Gasteiger partial charge >= 0.3 is 0 Å². The van der Waals surface area contributed by atoms with Gasteiger partial charge in [-0.2, -0.15) is 5.26 Å². The van der Waals surface area contributed by atoms with Gasteiger partial charge in [-0.25, -0.2) is 4.98 Å². The van der Waals surface area contributed by atoms with Gasteiger partial charge in [0.2, 0.25) is 0 Å². The molecule has 0 fully saturated rings. The van der Waals surface area contributed by atoms with Gasteiger partial charge in [-0.1, -0.05) is 18.2 Å². The summed E-state index contributed by atoms with van der Waals surface area (Å²) < 4.78 is 11.6. The molecule has 2 aromatic heterocycles. The normalized spacial score (nSPS) is 15.2. The maximum atomic E-state index is 9.63. The number of aromatic nitrogens is 2. The average Bonchev–Trinajstić information content (AvgIpc) is 3.06. The van der Waals surface area contributed by atoms with Gasteiger partial charge in [-0.3, -0.25) is 4.98 Å². The van der Waals surface area contributed by atoms with Crippen molar-refractivity contribution in [2.45, 2.75) is 26.2 Å². The number of pyridine rings is 2. The van der Waals surface area contributed by atoms with Crippen molar-refractivity contribution in [2.24, 2.45) is 0 Å². The van der Waals surface area contributed by atoms with E-state index in [1.807, 2.05) is 49.4 Å². The van der Waals surface area contributed by atoms with Crippen LogP contribution in [0.1, 0.15) is 35.5 Å². The fourth-order valence-corrected chi connectivity index (χ4v) is 3.24. The van der Waals surface area contributed by atoms with Gasteiger partial charge in [0.25, 0.3) is 0 Å². The second kappa shape index (κ2) is 7.06. The molecule has 1 atom stereocenters. The molecule has 0 radical (unpaired) electrons. The first-order valence-electron chi connectivity index (χ1n) is 8.64. The summed E-state index contributed by atoms with van der Waals surface area (Å²) in [6, 6.07) is 15.5. The molecule has 0 spiro atoms. The molecule has 0 unspecified atom stereocenters. The van der Waals surface area contributed by atoms with Crippen LogP contribution in [0, 0.1) is 11.3 Å². The van der Waals surface area contributed by atoms with Crippen molar-refractivity contribution in [3.05, 3.63) is 71.2 Å². The van der Waals surface area contributed by atoms with Crippen molar-refractivity contribution in [1.29, 1.82) is 5.26 Å². The number of nitriles is 1. The van der Waals surface area contributed by atoms with Gasteiger partial charge in [-0.05, 0) is 36.8 Å². The SMILES string of the molecule is C[C@@H]1OCc2c1nc(N)c(C#N)c2-c1cccc(OCc2ccccn2)c1. The maximum Gasteiger partial charge on any atom is 0.142 e. The highest BCUT2D eigenvalue weighted by molar-refractivity contribution is 5.80. The molecule has 0 bridgehead atoms. The molecule has 1 aliphatic rings. The van der Waals surface area contributed by atoms with E-state index in [0.29, 0.717) is 24.5 Å². The molecule has 1 aromatic carbocycles. The second-order valence-electron chi connectivity index (χ2n) is 6.31. The number of benzene rings is 1. The number of hydrogen-bond donors (Lipinski definition) is 1. The third-order valence-corrected chi connectivity index (χ3v) is 4.57. The van der Waals surface area contributed by atoms with Crippen LogP contribution < -0.4 is 10.5 Å². The molecule has 0 aliphatic carbocycles. The van der Waals surface area contributed by atoms with Gasteiger partial charge < -0.3 is 15.2 Å². The van der Waals surface area contributed by atoms with E-state index in [0.717, 1.165) is 28.1 Å². The molecular weight excluding hydrogens is 340 g/mol. The zero-order chi connectivity index (χ0) is 18.8. The summed E-state index contributed by atoms with van der Waals surface area (Å²) in [5, 5.41) is 9.63. The van der Waals surface area contributed by atoms with E-state index in [1.54, 1.807) is 6.20 Å². The fraction of sp³-hybridized carbons (Fsp3) is 0.190. The summed E-state index contributed by atoms with van der Waals surface area (Å²) in [5.74, 6) is 0.918. The highest BCUT2D eigenvalue weighted by Gasteiger charge is 2.28. The van der Waals surface area contributed by atoms with Crippen LogP contribution in [0.2, 0.25) is 0 Å². The number of hydrogen-bond acceptors (Lipinski definition) is 6. The molecule has 27 heavy (non-hydrogen) atoms. The van der Waals surface area contributed by atoms with Crippen LogP contribution in [0.15, 0.2) is 48.7 Å². The number of nitrogens with two attached hydrogens (primary N) is 1. The lowest BCUT2D eigenvalue weighted by molar-refractivity contribution is 0.0780. The van der Waals surface area contributed by atoms with Gasteiger partial charge in [0.15, 0.2) is 0 Å². The van der Waals surface area contributed by atoms with Gasteiger partial charge in [0, 0.05) is 17.3 Å². The summed E-state index contributed by atoms with van der Waals surface area (Å²) in [7, 11) is 0. The smallest absolute Gasteiger partial charge is 0.142 e. The van der Waals surface area contributed by atoms with Crippen molar-refractivity contribution >= 4 is 5.82 Å². The van der Waals surface area contributed by atoms with Crippen LogP contribution in [-0.4, -0.2) is 9.97 Å². The van der Waals surface area contributed by atoms with Crippen LogP contribution in [0.4, 0.5) is 5.82 Å². The first kappa shape index (κ1) is 17.0. The number of fused-ring (bicyclic) bond motifs is 1. The Bertz CT molecular complexity index is 1030. The Morgan fingerprint density at radius 3 is 2.96 bits per heavy atom. The number of nitrogen functional groups attached to an aromatic ring is 1. The Morgan fingerprint density at radius 1 is 1.30 bits per heavy atom. The summed E-state index contributed by atoms with van der Waals surface area (Å²) in [5.41, 5.74) is 10.6. The first-order chi connectivity index (χ1) is 13.2. The predicted octanol–water partition coefficient (Wildman–Crippen LogP) is 3.77. The van der Waals surface area contributed by atoms with Crippen molar-refractivity contribution in [2.75, 3.05) is 5.73 Å². The zero-order valence-corrected chi connectivity index (χ0v) is 14.8.